The maximum absolute atomic E-state index is 12.6. The van der Waals surface area contributed by atoms with Crippen molar-refractivity contribution in [2.45, 2.75) is 39.0 Å². The van der Waals surface area contributed by atoms with Gasteiger partial charge < -0.3 is 9.52 Å². The van der Waals surface area contributed by atoms with Gasteiger partial charge in [-0.2, -0.15) is 0 Å². The summed E-state index contributed by atoms with van der Waals surface area (Å²) < 4.78 is 5.50. The second kappa shape index (κ2) is 9.75. The summed E-state index contributed by atoms with van der Waals surface area (Å²) in [6.07, 6.45) is 9.28. The lowest BCUT2D eigenvalue weighted by Crippen LogP contribution is -2.03. The van der Waals surface area contributed by atoms with Crippen molar-refractivity contribution in [2.75, 3.05) is 0 Å². The average Bonchev–Trinajstić information content (AvgIpc) is 3.25. The van der Waals surface area contributed by atoms with Gasteiger partial charge in [0.25, 0.3) is 0 Å². The second-order valence-corrected chi connectivity index (χ2v) is 8.48. The molecule has 0 aliphatic carbocycles. The van der Waals surface area contributed by atoms with Gasteiger partial charge in [-0.25, -0.2) is 9.78 Å². The molecule has 0 bridgehead atoms. The summed E-state index contributed by atoms with van der Waals surface area (Å²) in [7, 11) is 0. The fraction of sp³-hybridized carbons (Fsp3) is 0.231. The minimum atomic E-state index is -0.452. The van der Waals surface area contributed by atoms with E-state index in [1.807, 2.05) is 60.0 Å². The Balaban J connectivity index is 1.61. The number of rotatable bonds is 8. The number of hydrogen-bond donors (Lipinski definition) is 1. The highest BCUT2D eigenvalue weighted by molar-refractivity contribution is 7.10. The van der Waals surface area contributed by atoms with E-state index in [4.69, 9.17) is 4.42 Å². The van der Waals surface area contributed by atoms with Gasteiger partial charge >= 0.3 is 5.63 Å². The topological polar surface area (TPSA) is 63.3 Å². The SMILES string of the molecule is CCCCCCc1cc2cc(-c3csc(/C=C\c4ccccc4)n3)c(=O)oc2cc1O. The molecule has 0 radical (unpaired) electrons. The Hall–Kier alpha value is -3.18. The monoisotopic (exact) mass is 431 g/mol. The van der Waals surface area contributed by atoms with Crippen molar-refractivity contribution >= 4 is 34.5 Å². The Kier molecular flexibility index (Phi) is 6.63. The molecule has 0 aliphatic heterocycles. The van der Waals surface area contributed by atoms with Crippen LogP contribution in [0.2, 0.25) is 0 Å². The average molecular weight is 432 g/mol. The van der Waals surface area contributed by atoms with Gasteiger partial charge in [0.15, 0.2) is 0 Å². The molecular weight excluding hydrogens is 406 g/mol. The number of thiazole rings is 1. The lowest BCUT2D eigenvalue weighted by molar-refractivity contribution is 0.464. The van der Waals surface area contributed by atoms with Gasteiger partial charge in [0.1, 0.15) is 16.3 Å². The first-order chi connectivity index (χ1) is 15.1. The van der Waals surface area contributed by atoms with Gasteiger partial charge in [0.05, 0.1) is 11.3 Å². The molecule has 0 spiro atoms. The van der Waals surface area contributed by atoms with Crippen molar-refractivity contribution in [1.82, 2.24) is 4.98 Å². The van der Waals surface area contributed by atoms with Crippen LogP contribution in [0.3, 0.4) is 0 Å². The molecule has 0 fully saturated rings. The van der Waals surface area contributed by atoms with Crippen LogP contribution in [0.25, 0.3) is 34.4 Å². The molecule has 5 heteroatoms. The smallest absolute Gasteiger partial charge is 0.345 e. The van der Waals surface area contributed by atoms with Gasteiger partial charge in [-0.1, -0.05) is 62.6 Å². The zero-order chi connectivity index (χ0) is 21.6. The second-order valence-electron chi connectivity index (χ2n) is 7.59. The predicted octanol–water partition coefficient (Wildman–Crippen LogP) is 6.92. The summed E-state index contributed by atoms with van der Waals surface area (Å²) in [4.78, 5) is 17.2. The molecule has 158 valence electrons. The highest BCUT2D eigenvalue weighted by Crippen LogP contribution is 2.29. The fourth-order valence-corrected chi connectivity index (χ4v) is 4.25. The molecule has 0 saturated heterocycles. The predicted molar refractivity (Wildman–Crippen MR) is 128 cm³/mol. The number of unbranched alkanes of at least 4 members (excludes halogenated alkanes) is 3. The third-order valence-corrected chi connectivity index (χ3v) is 6.06. The lowest BCUT2D eigenvalue weighted by atomic mass is 10.0. The summed E-state index contributed by atoms with van der Waals surface area (Å²) in [5, 5.41) is 13.8. The van der Waals surface area contributed by atoms with E-state index in [-0.39, 0.29) is 5.75 Å². The lowest BCUT2D eigenvalue weighted by Gasteiger charge is -2.07. The molecule has 2 heterocycles. The molecule has 31 heavy (non-hydrogen) atoms. The zero-order valence-electron chi connectivity index (χ0n) is 17.5. The van der Waals surface area contributed by atoms with E-state index in [0.717, 1.165) is 40.8 Å². The third kappa shape index (κ3) is 5.12. The normalized spacial score (nSPS) is 11.5. The molecule has 0 aliphatic rings. The standard InChI is InChI=1S/C26H25NO3S/c1-2-3-4-8-11-19-14-20-15-21(26(29)30-24(20)16-23(19)28)22-17-31-25(27-22)13-12-18-9-6-5-7-10-18/h5-7,9-10,12-17,28H,2-4,8,11H2,1H3/b13-12-. The number of nitrogens with zero attached hydrogens (tertiary/aromatic N) is 1. The van der Waals surface area contributed by atoms with Crippen molar-refractivity contribution in [3.63, 3.8) is 0 Å². The van der Waals surface area contributed by atoms with Gasteiger partial charge in [0, 0.05) is 16.8 Å². The first-order valence-corrected chi connectivity index (χ1v) is 11.5. The van der Waals surface area contributed by atoms with E-state index in [2.05, 4.69) is 11.9 Å². The summed E-state index contributed by atoms with van der Waals surface area (Å²) in [6.45, 7) is 2.18. The Morgan fingerprint density at radius 2 is 1.90 bits per heavy atom. The van der Waals surface area contributed by atoms with Crippen molar-refractivity contribution in [2.24, 2.45) is 0 Å². The van der Waals surface area contributed by atoms with Crippen LogP contribution in [0.15, 0.2) is 63.1 Å². The van der Waals surface area contributed by atoms with Crippen LogP contribution in [0.4, 0.5) is 0 Å². The van der Waals surface area contributed by atoms with Crippen molar-refractivity contribution < 1.29 is 9.52 Å². The number of hydrogen-bond acceptors (Lipinski definition) is 5. The third-order valence-electron chi connectivity index (χ3n) is 5.25. The molecule has 0 amide bonds. The summed E-state index contributed by atoms with van der Waals surface area (Å²) in [5.74, 6) is 0.182. The maximum atomic E-state index is 12.6. The summed E-state index contributed by atoms with van der Waals surface area (Å²) in [5.41, 5.74) is 2.95. The molecule has 4 rings (SSSR count). The van der Waals surface area contributed by atoms with Gasteiger partial charge in [-0.15, -0.1) is 11.3 Å². The van der Waals surface area contributed by atoms with Crippen LogP contribution < -0.4 is 5.63 Å². The number of aromatic hydroxyl groups is 1. The molecule has 2 aromatic heterocycles. The quantitative estimate of drug-likeness (QED) is 0.243. The Bertz CT molecular complexity index is 1250. The first-order valence-electron chi connectivity index (χ1n) is 10.6. The molecule has 2 aromatic carbocycles. The molecule has 4 aromatic rings. The van der Waals surface area contributed by atoms with E-state index in [1.54, 1.807) is 6.07 Å². The maximum Gasteiger partial charge on any atom is 0.345 e. The Labute approximate surface area is 185 Å². The van der Waals surface area contributed by atoms with Crippen LogP contribution in [0.5, 0.6) is 5.75 Å². The van der Waals surface area contributed by atoms with Crippen LogP contribution in [0, 0.1) is 0 Å². The highest BCUT2D eigenvalue weighted by Gasteiger charge is 2.13. The van der Waals surface area contributed by atoms with Gasteiger partial charge in [-0.3, -0.25) is 0 Å². The first kappa shape index (κ1) is 21.1. The molecule has 4 nitrogen and oxygen atoms in total. The number of fused-ring (bicyclic) bond motifs is 1. The molecule has 1 N–H and O–H groups in total. The van der Waals surface area contributed by atoms with E-state index in [0.29, 0.717) is 16.8 Å². The number of phenols is 1. The van der Waals surface area contributed by atoms with Gasteiger partial charge in [-0.05, 0) is 42.2 Å². The molecule has 0 atom stereocenters. The minimum Gasteiger partial charge on any atom is -0.508 e. The van der Waals surface area contributed by atoms with Crippen molar-refractivity contribution in [3.05, 3.63) is 80.5 Å². The van der Waals surface area contributed by atoms with Crippen LogP contribution in [-0.2, 0) is 6.42 Å². The van der Waals surface area contributed by atoms with E-state index >= 15 is 0 Å². The minimum absolute atomic E-state index is 0.182. The number of aromatic nitrogens is 1. The van der Waals surface area contributed by atoms with E-state index < -0.39 is 5.63 Å². The summed E-state index contributed by atoms with van der Waals surface area (Å²) >= 11 is 1.48. The van der Waals surface area contributed by atoms with Gasteiger partial charge in [0.2, 0.25) is 0 Å². The largest absolute Gasteiger partial charge is 0.508 e. The van der Waals surface area contributed by atoms with Crippen LogP contribution in [0.1, 0.15) is 48.7 Å². The van der Waals surface area contributed by atoms with Crippen LogP contribution in [-0.4, -0.2) is 10.1 Å². The number of aryl methyl sites for hydroxylation is 1. The van der Waals surface area contributed by atoms with Crippen molar-refractivity contribution in [1.29, 1.82) is 0 Å². The summed E-state index contributed by atoms with van der Waals surface area (Å²) in [6, 6.07) is 15.3. The zero-order valence-corrected chi connectivity index (χ0v) is 18.3. The van der Waals surface area contributed by atoms with Crippen molar-refractivity contribution in [3.8, 4) is 17.0 Å². The number of phenolic OH excluding ortho intramolecular Hbond substituents is 1. The highest BCUT2D eigenvalue weighted by atomic mass is 32.1. The molecular formula is C26H25NO3S. The Morgan fingerprint density at radius 3 is 2.71 bits per heavy atom. The van der Waals surface area contributed by atoms with E-state index in [1.165, 1.54) is 24.2 Å². The Morgan fingerprint density at radius 1 is 1.06 bits per heavy atom. The number of benzene rings is 2. The molecule has 0 unspecified atom stereocenters. The molecule has 0 saturated carbocycles. The van der Waals surface area contributed by atoms with Crippen LogP contribution >= 0.6 is 11.3 Å². The van der Waals surface area contributed by atoms with E-state index in [9.17, 15) is 9.90 Å². The fourth-order valence-electron chi connectivity index (χ4n) is 3.54.